The number of aromatic nitrogens is 6. The molecule has 0 aliphatic carbocycles. The maximum atomic E-state index is 13.1. The number of nitrogens with zero attached hydrogens (tertiary/aromatic N) is 7. The highest BCUT2D eigenvalue weighted by molar-refractivity contribution is 5.82. The Morgan fingerprint density at radius 3 is 2.66 bits per heavy atom. The second-order valence-corrected chi connectivity index (χ2v) is 9.24. The summed E-state index contributed by atoms with van der Waals surface area (Å²) in [6.45, 7) is 6.55. The highest BCUT2D eigenvalue weighted by Crippen LogP contribution is 2.27. The first-order valence-electron chi connectivity index (χ1n) is 11.8. The van der Waals surface area contributed by atoms with Gasteiger partial charge in [-0.05, 0) is 38.0 Å². The lowest BCUT2D eigenvalue weighted by molar-refractivity contribution is -0.135. The number of anilines is 1. The number of hydrogen-bond donors (Lipinski definition) is 1. The molecule has 184 valence electrons. The largest absolute Gasteiger partial charge is 0.350 e. The van der Waals surface area contributed by atoms with Crippen LogP contribution in [0.2, 0.25) is 0 Å². The number of halogens is 2. The van der Waals surface area contributed by atoms with Gasteiger partial charge in [-0.3, -0.25) is 4.79 Å². The monoisotopic (exact) mass is 482 g/mol. The third-order valence-corrected chi connectivity index (χ3v) is 6.43. The van der Waals surface area contributed by atoms with Crippen LogP contribution in [0.1, 0.15) is 32.5 Å². The average Bonchev–Trinajstić information content (AvgIpc) is 3.39. The molecule has 4 aromatic heterocycles. The maximum Gasteiger partial charge on any atom is 0.256 e. The van der Waals surface area contributed by atoms with Crippen LogP contribution in [-0.2, 0) is 11.3 Å². The molecule has 0 bridgehead atoms. The quantitative estimate of drug-likeness (QED) is 0.450. The van der Waals surface area contributed by atoms with E-state index in [1.807, 2.05) is 37.1 Å². The van der Waals surface area contributed by atoms with Gasteiger partial charge in [-0.15, -0.1) is 5.10 Å². The smallest absolute Gasteiger partial charge is 0.256 e. The predicted octanol–water partition coefficient (Wildman–Crippen LogP) is 3.77. The summed E-state index contributed by atoms with van der Waals surface area (Å²) in [5.74, 6) is 1.23. The van der Waals surface area contributed by atoms with Gasteiger partial charge in [0.25, 0.3) is 6.43 Å². The molecule has 11 heteroatoms. The number of nitrogens with one attached hydrogen (secondary N) is 1. The van der Waals surface area contributed by atoms with Gasteiger partial charge >= 0.3 is 0 Å². The number of piperidine rings is 1. The van der Waals surface area contributed by atoms with Gasteiger partial charge < -0.3 is 14.8 Å². The molecule has 1 aliphatic heterocycles. The Kier molecular flexibility index (Phi) is 6.08. The second-order valence-electron chi connectivity index (χ2n) is 9.24. The number of imidazole rings is 1. The summed E-state index contributed by atoms with van der Waals surface area (Å²) >= 11 is 0. The number of amides is 1. The average molecular weight is 483 g/mol. The molecule has 9 nitrogen and oxygen atoms in total. The molecule has 0 atom stereocenters. The number of pyridine rings is 1. The first kappa shape index (κ1) is 23.1. The molecular formula is C24H28F2N8O. The van der Waals surface area contributed by atoms with E-state index in [9.17, 15) is 13.6 Å². The Balaban J connectivity index is 1.35. The number of hydrogen-bond acceptors (Lipinski definition) is 6. The lowest BCUT2D eigenvalue weighted by Crippen LogP contribution is -2.44. The number of carbonyl (C=O) groups excluding carboxylic acids is 1. The lowest BCUT2D eigenvalue weighted by atomic mass is 10.0. The van der Waals surface area contributed by atoms with E-state index < -0.39 is 13.0 Å². The Morgan fingerprint density at radius 1 is 1.17 bits per heavy atom. The van der Waals surface area contributed by atoms with Gasteiger partial charge in [0.15, 0.2) is 5.65 Å². The molecule has 4 aromatic rings. The molecule has 35 heavy (non-hydrogen) atoms. The summed E-state index contributed by atoms with van der Waals surface area (Å²) in [6.07, 6.45) is 2.75. The molecule has 0 radical (unpaired) electrons. The van der Waals surface area contributed by atoms with Gasteiger partial charge in [-0.1, -0.05) is 13.8 Å². The van der Waals surface area contributed by atoms with Crippen LogP contribution in [0.3, 0.4) is 0 Å². The third kappa shape index (κ3) is 4.54. The van der Waals surface area contributed by atoms with Crippen LogP contribution in [0.4, 0.5) is 14.7 Å². The molecule has 5 heterocycles. The van der Waals surface area contributed by atoms with Gasteiger partial charge in [-0.2, -0.15) is 0 Å². The molecule has 5 rings (SSSR count). The second kappa shape index (κ2) is 9.20. The fourth-order valence-corrected chi connectivity index (χ4v) is 4.60. The van der Waals surface area contributed by atoms with Crippen LogP contribution < -0.4 is 5.32 Å². The van der Waals surface area contributed by atoms with Crippen molar-refractivity contribution < 1.29 is 13.6 Å². The minimum Gasteiger partial charge on any atom is -0.350 e. The van der Waals surface area contributed by atoms with Crippen molar-refractivity contribution in [3.63, 3.8) is 0 Å². The summed E-state index contributed by atoms with van der Waals surface area (Å²) in [5, 5.41) is 7.97. The Hall–Kier alpha value is -3.63. The summed E-state index contributed by atoms with van der Waals surface area (Å²) in [6, 6.07) is 5.71. The van der Waals surface area contributed by atoms with Crippen molar-refractivity contribution in [2.24, 2.45) is 5.92 Å². The van der Waals surface area contributed by atoms with Crippen LogP contribution in [0, 0.1) is 12.8 Å². The highest BCUT2D eigenvalue weighted by Gasteiger charge is 2.25. The van der Waals surface area contributed by atoms with Gasteiger partial charge in [0, 0.05) is 36.8 Å². The van der Waals surface area contributed by atoms with Crippen LogP contribution in [0.25, 0.3) is 27.9 Å². The molecule has 1 N–H and O–H groups in total. The number of carbonyl (C=O) groups is 1. The summed E-state index contributed by atoms with van der Waals surface area (Å²) in [7, 11) is 0. The standard InChI is InChI=1S/C24H28F2N8O/c1-14(2)23(35)32-9-6-16(7-10-32)29-24-27-12-20-17(8-11-34(20)31-24)18-4-5-19-22(30-18)33(13-21(25)26)15(3)28-19/h4-5,8,11-12,14,16,21H,6-7,9-10,13H2,1-3H3,(H,29,31). The van der Waals surface area contributed by atoms with E-state index in [4.69, 9.17) is 0 Å². The third-order valence-electron chi connectivity index (χ3n) is 6.43. The first-order valence-corrected chi connectivity index (χ1v) is 11.8. The fraction of sp³-hybridized carbons (Fsp3) is 0.458. The van der Waals surface area contributed by atoms with Gasteiger partial charge in [0.1, 0.15) is 11.3 Å². The van der Waals surface area contributed by atoms with E-state index in [1.165, 1.54) is 4.57 Å². The molecule has 0 spiro atoms. The minimum absolute atomic E-state index is 0.0114. The zero-order chi connectivity index (χ0) is 24.7. The van der Waals surface area contributed by atoms with E-state index in [-0.39, 0.29) is 17.9 Å². The SMILES string of the molecule is Cc1nc2ccc(-c3ccn4nc(NC5CCN(C(=O)C(C)C)CC5)ncc34)nc2n1CC(F)F. The van der Waals surface area contributed by atoms with E-state index in [0.717, 1.165) is 37.0 Å². The van der Waals surface area contributed by atoms with E-state index in [2.05, 4.69) is 25.4 Å². The number of likely N-dealkylation sites (tertiary alicyclic amines) is 1. The van der Waals surface area contributed by atoms with Crippen molar-refractivity contribution >= 4 is 28.5 Å². The van der Waals surface area contributed by atoms with Gasteiger partial charge in [-0.25, -0.2) is 28.2 Å². The van der Waals surface area contributed by atoms with E-state index in [0.29, 0.717) is 28.6 Å². The van der Waals surface area contributed by atoms with E-state index in [1.54, 1.807) is 23.7 Å². The molecule has 1 saturated heterocycles. The maximum absolute atomic E-state index is 13.1. The molecule has 1 amide bonds. The summed E-state index contributed by atoms with van der Waals surface area (Å²) < 4.78 is 29.3. The summed E-state index contributed by atoms with van der Waals surface area (Å²) in [4.78, 5) is 27.6. The Labute approximate surface area is 201 Å². The van der Waals surface area contributed by atoms with Crippen molar-refractivity contribution in [2.45, 2.75) is 52.6 Å². The van der Waals surface area contributed by atoms with Crippen LogP contribution in [-0.4, -0.2) is 65.5 Å². The van der Waals surface area contributed by atoms with Crippen molar-refractivity contribution in [2.75, 3.05) is 18.4 Å². The van der Waals surface area contributed by atoms with Gasteiger partial charge in [0.2, 0.25) is 11.9 Å². The normalized spacial score (nSPS) is 15.1. The first-order chi connectivity index (χ1) is 16.8. The van der Waals surface area contributed by atoms with E-state index >= 15 is 0 Å². The lowest BCUT2D eigenvalue weighted by Gasteiger charge is -2.33. The van der Waals surface area contributed by atoms with Gasteiger partial charge in [0.05, 0.1) is 24.0 Å². The van der Waals surface area contributed by atoms with Crippen LogP contribution in [0.5, 0.6) is 0 Å². The molecule has 0 aromatic carbocycles. The van der Waals surface area contributed by atoms with Crippen molar-refractivity contribution in [1.29, 1.82) is 0 Å². The Bertz CT molecular complexity index is 1370. The molecule has 1 aliphatic rings. The minimum atomic E-state index is -2.49. The Morgan fingerprint density at radius 2 is 1.94 bits per heavy atom. The summed E-state index contributed by atoms with van der Waals surface area (Å²) in [5.41, 5.74) is 3.22. The van der Waals surface area contributed by atoms with Crippen LogP contribution >= 0.6 is 0 Å². The molecule has 1 fully saturated rings. The van der Waals surface area contributed by atoms with Crippen LogP contribution in [0.15, 0.2) is 30.6 Å². The predicted molar refractivity (Wildman–Crippen MR) is 128 cm³/mol. The van der Waals surface area contributed by atoms with Crippen molar-refractivity contribution in [3.8, 4) is 11.3 Å². The number of rotatable bonds is 6. The van der Waals surface area contributed by atoms with Crippen molar-refractivity contribution in [1.82, 2.24) is 34.0 Å². The van der Waals surface area contributed by atoms with Crippen molar-refractivity contribution in [3.05, 3.63) is 36.4 Å². The zero-order valence-corrected chi connectivity index (χ0v) is 19.9. The number of aryl methyl sites for hydroxylation is 1. The fourth-order valence-electron chi connectivity index (χ4n) is 4.60. The number of alkyl halides is 2. The molecule has 0 saturated carbocycles. The topological polar surface area (TPSA) is 93.2 Å². The highest BCUT2D eigenvalue weighted by atomic mass is 19.3. The molecule has 0 unspecified atom stereocenters. The molecular weight excluding hydrogens is 454 g/mol. The number of fused-ring (bicyclic) bond motifs is 2. The zero-order valence-electron chi connectivity index (χ0n) is 19.9.